The molecule has 0 spiro atoms. The van der Waals surface area contributed by atoms with Crippen molar-refractivity contribution < 1.29 is 18.4 Å². The van der Waals surface area contributed by atoms with Crippen LogP contribution in [-0.2, 0) is 9.59 Å². The van der Waals surface area contributed by atoms with Gasteiger partial charge in [-0.3, -0.25) is 9.59 Å². The highest BCUT2D eigenvalue weighted by atomic mass is 19.1. The zero-order valence-electron chi connectivity index (χ0n) is 16.4. The zero-order chi connectivity index (χ0) is 21.8. The Labute approximate surface area is 177 Å². The first-order valence-electron chi connectivity index (χ1n) is 9.98. The lowest BCUT2D eigenvalue weighted by Gasteiger charge is -2.68. The van der Waals surface area contributed by atoms with Gasteiger partial charge in [-0.1, -0.05) is 6.07 Å². The molecule has 31 heavy (non-hydrogen) atoms. The van der Waals surface area contributed by atoms with Crippen molar-refractivity contribution in [3.8, 4) is 6.07 Å². The number of amides is 2. The van der Waals surface area contributed by atoms with Crippen LogP contribution >= 0.6 is 0 Å². The average molecular weight is 420 g/mol. The van der Waals surface area contributed by atoms with Crippen molar-refractivity contribution in [1.29, 1.82) is 5.26 Å². The first-order valence-corrected chi connectivity index (χ1v) is 9.98. The van der Waals surface area contributed by atoms with E-state index in [0.29, 0.717) is 42.5 Å². The van der Waals surface area contributed by atoms with E-state index in [0.717, 1.165) is 6.07 Å². The normalized spacial score (nSPS) is 27.8. The molecule has 0 saturated heterocycles. The Hall–Kier alpha value is -3.60. The minimum atomic E-state index is -0.698. The van der Waals surface area contributed by atoms with Gasteiger partial charge in [0.2, 0.25) is 11.8 Å². The van der Waals surface area contributed by atoms with E-state index in [1.165, 1.54) is 17.1 Å². The first-order chi connectivity index (χ1) is 14.8. The third-order valence-electron chi connectivity index (χ3n) is 6.52. The number of carbonyl (C=O) groups is 2. The third-order valence-corrected chi connectivity index (χ3v) is 6.52. The molecule has 1 N–H and O–H groups in total. The molecule has 6 nitrogen and oxygen atoms in total. The van der Waals surface area contributed by atoms with Gasteiger partial charge in [0, 0.05) is 24.4 Å². The number of anilines is 1. The summed E-state index contributed by atoms with van der Waals surface area (Å²) >= 11 is 0. The Morgan fingerprint density at radius 1 is 1.10 bits per heavy atom. The van der Waals surface area contributed by atoms with E-state index in [1.54, 1.807) is 30.5 Å². The number of hydrogen-bond acceptors (Lipinski definition) is 4. The van der Waals surface area contributed by atoms with Gasteiger partial charge in [-0.05, 0) is 55.2 Å². The molecule has 3 aliphatic carbocycles. The van der Waals surface area contributed by atoms with Crippen molar-refractivity contribution in [2.45, 2.75) is 31.7 Å². The van der Waals surface area contributed by atoms with Crippen LogP contribution in [-0.4, -0.2) is 23.0 Å². The smallest absolute Gasteiger partial charge is 0.249 e. The van der Waals surface area contributed by atoms with Crippen LogP contribution in [0.25, 0.3) is 0 Å². The number of carbonyl (C=O) groups excluding carboxylic acids is 2. The van der Waals surface area contributed by atoms with Crippen LogP contribution in [0.15, 0.2) is 47.6 Å². The molecule has 156 valence electrons. The van der Waals surface area contributed by atoms with E-state index in [1.807, 2.05) is 6.07 Å². The lowest BCUT2D eigenvalue weighted by molar-refractivity contribution is -0.213. The molecule has 3 fully saturated rings. The van der Waals surface area contributed by atoms with Gasteiger partial charge in [-0.2, -0.15) is 10.4 Å². The largest absolute Gasteiger partial charge is 0.326 e. The molecule has 1 aliphatic heterocycles. The van der Waals surface area contributed by atoms with E-state index < -0.39 is 28.5 Å². The standard InChI is InChI=1S/C23H18F2N4O2/c24-16-7-15(8-17(25)9-16)19-4-5-27-29(19)21(31)23-11-22(12-23,13-23)20(30)28-18-3-1-2-14(6-18)10-26/h1-3,5-9,19H,4,11-13H2,(H,28,30). The molecule has 3 saturated carbocycles. The number of hydrogen-bond donors (Lipinski definition) is 1. The number of nitriles is 1. The molecule has 8 heteroatoms. The summed E-state index contributed by atoms with van der Waals surface area (Å²) in [5.41, 5.74) is 0.111. The van der Waals surface area contributed by atoms with Gasteiger partial charge in [-0.25, -0.2) is 13.8 Å². The second-order valence-corrected chi connectivity index (χ2v) is 8.64. The summed E-state index contributed by atoms with van der Waals surface area (Å²) in [5.74, 6) is -1.77. The summed E-state index contributed by atoms with van der Waals surface area (Å²) in [6.07, 6.45) is 3.20. The lowest BCUT2D eigenvalue weighted by Crippen LogP contribution is -2.71. The summed E-state index contributed by atoms with van der Waals surface area (Å²) in [5, 5.41) is 17.3. The van der Waals surface area contributed by atoms with Crippen LogP contribution in [0.5, 0.6) is 0 Å². The van der Waals surface area contributed by atoms with Crippen molar-refractivity contribution in [2.75, 3.05) is 5.32 Å². The van der Waals surface area contributed by atoms with E-state index in [2.05, 4.69) is 10.4 Å². The second kappa shape index (κ2) is 6.71. The predicted molar refractivity (Wildman–Crippen MR) is 108 cm³/mol. The van der Waals surface area contributed by atoms with Gasteiger partial charge in [0.25, 0.3) is 0 Å². The van der Waals surface area contributed by atoms with E-state index >= 15 is 0 Å². The van der Waals surface area contributed by atoms with E-state index in [4.69, 9.17) is 5.26 Å². The Morgan fingerprint density at radius 2 is 1.81 bits per heavy atom. The fourth-order valence-electron chi connectivity index (χ4n) is 5.08. The summed E-state index contributed by atoms with van der Waals surface area (Å²) in [7, 11) is 0. The first kappa shape index (κ1) is 19.4. The fourth-order valence-corrected chi connectivity index (χ4v) is 5.08. The Bertz CT molecular complexity index is 1150. The molecule has 0 aromatic heterocycles. The number of rotatable bonds is 4. The van der Waals surface area contributed by atoms with Gasteiger partial charge in [-0.15, -0.1) is 0 Å². The number of benzene rings is 2. The Morgan fingerprint density at radius 3 is 2.48 bits per heavy atom. The third kappa shape index (κ3) is 3.00. The SMILES string of the molecule is N#Cc1cccc(NC(=O)C23CC(C(=O)N4N=CCC4c4cc(F)cc(F)c4)(C2)C3)c1. The molecule has 1 heterocycles. The van der Waals surface area contributed by atoms with Crippen molar-refractivity contribution in [1.82, 2.24) is 5.01 Å². The maximum absolute atomic E-state index is 13.6. The minimum Gasteiger partial charge on any atom is -0.326 e. The molecule has 1 atom stereocenters. The van der Waals surface area contributed by atoms with Crippen LogP contribution in [0, 0.1) is 33.8 Å². The zero-order valence-corrected chi connectivity index (χ0v) is 16.4. The predicted octanol–water partition coefficient (Wildman–Crippen LogP) is 3.90. The van der Waals surface area contributed by atoms with Gasteiger partial charge in [0.15, 0.2) is 0 Å². The van der Waals surface area contributed by atoms with Crippen molar-refractivity contribution in [3.05, 3.63) is 65.2 Å². The molecule has 2 bridgehead atoms. The van der Waals surface area contributed by atoms with Gasteiger partial charge in [0.05, 0.1) is 28.5 Å². The monoisotopic (exact) mass is 420 g/mol. The molecule has 6 rings (SSSR count). The summed E-state index contributed by atoms with van der Waals surface area (Å²) in [6.45, 7) is 0. The molecule has 1 unspecified atom stereocenters. The Balaban J connectivity index is 1.27. The topological polar surface area (TPSA) is 85.6 Å². The van der Waals surface area contributed by atoms with Crippen molar-refractivity contribution in [2.24, 2.45) is 15.9 Å². The molecule has 0 radical (unpaired) electrons. The van der Waals surface area contributed by atoms with Crippen LogP contribution in [0.4, 0.5) is 14.5 Å². The minimum absolute atomic E-state index is 0.161. The lowest BCUT2D eigenvalue weighted by atomic mass is 9.34. The van der Waals surface area contributed by atoms with Crippen LogP contribution in [0.3, 0.4) is 0 Å². The average Bonchev–Trinajstić information content (AvgIpc) is 3.15. The molecular formula is C23H18F2N4O2. The number of halogens is 2. The molecule has 2 amide bonds. The van der Waals surface area contributed by atoms with Crippen LogP contribution in [0.1, 0.15) is 42.9 Å². The molecule has 2 aromatic carbocycles. The fraction of sp³-hybridized carbons (Fsp3) is 0.304. The highest BCUT2D eigenvalue weighted by Crippen LogP contribution is 2.74. The van der Waals surface area contributed by atoms with E-state index in [-0.39, 0.29) is 11.8 Å². The van der Waals surface area contributed by atoms with Crippen LogP contribution in [0.2, 0.25) is 0 Å². The second-order valence-electron chi connectivity index (χ2n) is 8.64. The maximum atomic E-state index is 13.6. The summed E-state index contributed by atoms with van der Waals surface area (Å²) in [4.78, 5) is 26.0. The molecular weight excluding hydrogens is 402 g/mol. The highest BCUT2D eigenvalue weighted by molar-refractivity contribution is 6.02. The number of nitrogens with one attached hydrogen (secondary N) is 1. The van der Waals surface area contributed by atoms with Gasteiger partial charge < -0.3 is 5.32 Å². The Kier molecular flexibility index (Phi) is 4.19. The quantitative estimate of drug-likeness (QED) is 0.814. The van der Waals surface area contributed by atoms with Crippen molar-refractivity contribution in [3.63, 3.8) is 0 Å². The maximum Gasteiger partial charge on any atom is 0.249 e. The summed E-state index contributed by atoms with van der Waals surface area (Å²) < 4.78 is 27.3. The highest BCUT2D eigenvalue weighted by Gasteiger charge is 2.75. The number of nitrogens with zero attached hydrogens (tertiary/aromatic N) is 3. The van der Waals surface area contributed by atoms with Crippen LogP contribution < -0.4 is 5.32 Å². The van der Waals surface area contributed by atoms with Crippen molar-refractivity contribution >= 4 is 23.7 Å². The van der Waals surface area contributed by atoms with Gasteiger partial charge in [0.1, 0.15) is 11.6 Å². The van der Waals surface area contributed by atoms with Gasteiger partial charge >= 0.3 is 0 Å². The van der Waals surface area contributed by atoms with E-state index in [9.17, 15) is 18.4 Å². The molecule has 4 aliphatic rings. The summed E-state index contributed by atoms with van der Waals surface area (Å²) in [6, 6.07) is 11.4. The number of hydrazone groups is 1. The molecule has 2 aromatic rings.